The molecule has 3 aliphatic rings. The summed E-state index contributed by atoms with van der Waals surface area (Å²) >= 11 is 0. The van der Waals surface area contributed by atoms with Gasteiger partial charge in [-0.2, -0.15) is 0 Å². The third kappa shape index (κ3) is 5.54. The number of nitrogens with one attached hydrogen (secondary N) is 1. The largest absolute Gasteiger partial charge is 0.508 e. The number of fused-ring (bicyclic) bond motifs is 1. The zero-order valence-corrected chi connectivity index (χ0v) is 24.1. The molecule has 0 amide bonds. The van der Waals surface area contributed by atoms with Crippen molar-refractivity contribution < 1.29 is 29.9 Å². The van der Waals surface area contributed by atoms with Gasteiger partial charge in [-0.05, 0) is 90.3 Å². The highest BCUT2D eigenvalue weighted by Crippen LogP contribution is 2.50. The number of aliphatic hydroxyl groups is 1. The van der Waals surface area contributed by atoms with E-state index in [-0.39, 0.29) is 35.2 Å². The molecule has 7 heteroatoms. The molecule has 1 aromatic heterocycles. The number of aromatic hydroxyl groups is 3. The molecule has 6 rings (SSSR count). The van der Waals surface area contributed by atoms with E-state index in [1.807, 2.05) is 24.5 Å². The van der Waals surface area contributed by atoms with Crippen LogP contribution in [0.5, 0.6) is 23.0 Å². The van der Waals surface area contributed by atoms with Gasteiger partial charge in [-0.1, -0.05) is 31.9 Å². The zero-order chi connectivity index (χ0) is 28.7. The van der Waals surface area contributed by atoms with Gasteiger partial charge < -0.3 is 34.9 Å². The van der Waals surface area contributed by atoms with Crippen molar-refractivity contribution in [3.05, 3.63) is 70.5 Å². The molecule has 0 bridgehead atoms. The third-order valence-electron chi connectivity index (χ3n) is 10.00. The lowest BCUT2D eigenvalue weighted by Crippen LogP contribution is -2.44. The summed E-state index contributed by atoms with van der Waals surface area (Å²) in [5.74, 6) is 1.51. The number of methoxy groups -OCH3 is 1. The van der Waals surface area contributed by atoms with E-state index in [9.17, 15) is 20.4 Å². The Morgan fingerprint density at radius 1 is 0.927 bits per heavy atom. The van der Waals surface area contributed by atoms with E-state index in [0.717, 1.165) is 54.4 Å². The van der Waals surface area contributed by atoms with Gasteiger partial charge in [-0.15, -0.1) is 0 Å². The van der Waals surface area contributed by atoms with Gasteiger partial charge in [0.05, 0.1) is 25.4 Å². The van der Waals surface area contributed by atoms with Crippen LogP contribution in [0.3, 0.4) is 0 Å². The van der Waals surface area contributed by atoms with Crippen LogP contribution in [0, 0.1) is 11.8 Å². The molecule has 2 aromatic carbocycles. The average Bonchev–Trinajstić information content (AvgIpc) is 3.48. The van der Waals surface area contributed by atoms with Crippen molar-refractivity contribution >= 4 is 0 Å². The number of ether oxygens (including phenoxy) is 2. The van der Waals surface area contributed by atoms with Crippen LogP contribution in [0.4, 0.5) is 0 Å². The Balaban J connectivity index is 1.27. The summed E-state index contributed by atoms with van der Waals surface area (Å²) in [7, 11) is 1.48. The number of phenolic OH excluding ortho intramolecular Hbond substituents is 3. The smallest absolute Gasteiger partial charge is 0.200 e. The number of aromatic nitrogens is 1. The first-order chi connectivity index (χ1) is 19.8. The van der Waals surface area contributed by atoms with Gasteiger partial charge in [-0.25, -0.2) is 0 Å². The van der Waals surface area contributed by atoms with Crippen LogP contribution in [0.1, 0.15) is 104 Å². The normalized spacial score (nSPS) is 30.1. The fraction of sp³-hybridized carbons (Fsp3) is 0.529. The second-order valence-corrected chi connectivity index (χ2v) is 12.7. The highest BCUT2D eigenvalue weighted by Gasteiger charge is 2.43. The number of H-pyrrole nitrogens is 1. The highest BCUT2D eigenvalue weighted by atomic mass is 16.5. The summed E-state index contributed by atoms with van der Waals surface area (Å²) in [5, 5.41) is 43.2. The number of hydrogen-bond acceptors (Lipinski definition) is 6. The van der Waals surface area contributed by atoms with Crippen LogP contribution in [0.25, 0.3) is 0 Å². The average molecular weight is 562 g/mol. The minimum atomic E-state index is -0.527. The van der Waals surface area contributed by atoms with Crippen molar-refractivity contribution in [2.45, 2.75) is 94.9 Å². The number of benzene rings is 2. The molecule has 3 aromatic rings. The molecular weight excluding hydrogens is 518 g/mol. The molecule has 2 saturated carbocycles. The minimum Gasteiger partial charge on any atom is -0.508 e. The second kappa shape index (κ2) is 11.6. The Kier molecular flexibility index (Phi) is 7.92. The maximum absolute atomic E-state index is 11.3. The summed E-state index contributed by atoms with van der Waals surface area (Å²) in [6.07, 6.45) is 10.9. The lowest BCUT2D eigenvalue weighted by Gasteiger charge is -2.45. The molecule has 5 N–H and O–H groups in total. The predicted molar refractivity (Wildman–Crippen MR) is 157 cm³/mol. The SMILES string of the molecule is COc1c(O)c(O)cc([C@@H]2C[C@H](O)[C@H]3CC[C@@H](c4ccc(O)c([C@@H]5CCC[C@H](C)C5)c4)C[C@@H]3O2)c1Cc1cc[nH]c1. The van der Waals surface area contributed by atoms with E-state index < -0.39 is 12.2 Å². The van der Waals surface area contributed by atoms with E-state index in [1.165, 1.54) is 25.5 Å². The van der Waals surface area contributed by atoms with E-state index in [0.29, 0.717) is 30.4 Å². The molecular formula is C34H43NO6. The summed E-state index contributed by atoms with van der Waals surface area (Å²) in [6, 6.07) is 9.69. The van der Waals surface area contributed by atoms with Crippen LogP contribution in [-0.4, -0.2) is 44.7 Å². The molecule has 1 aliphatic heterocycles. The Bertz CT molecular complexity index is 1350. The fourth-order valence-corrected chi connectivity index (χ4v) is 7.84. The van der Waals surface area contributed by atoms with Crippen LogP contribution in [-0.2, 0) is 11.2 Å². The van der Waals surface area contributed by atoms with E-state index >= 15 is 0 Å². The quantitative estimate of drug-likeness (QED) is 0.212. The first-order valence-corrected chi connectivity index (χ1v) is 15.2. The Morgan fingerprint density at radius 3 is 2.54 bits per heavy atom. The number of hydrogen-bond donors (Lipinski definition) is 5. The van der Waals surface area contributed by atoms with Gasteiger partial charge in [0.25, 0.3) is 0 Å². The molecule has 2 heterocycles. The molecule has 7 atom stereocenters. The van der Waals surface area contributed by atoms with Crippen molar-refractivity contribution in [2.24, 2.45) is 11.8 Å². The van der Waals surface area contributed by atoms with Crippen LogP contribution >= 0.6 is 0 Å². The van der Waals surface area contributed by atoms with Crippen LogP contribution in [0.2, 0.25) is 0 Å². The Labute approximate surface area is 242 Å². The third-order valence-corrected chi connectivity index (χ3v) is 10.00. The molecule has 1 saturated heterocycles. The first-order valence-electron chi connectivity index (χ1n) is 15.2. The van der Waals surface area contributed by atoms with Crippen LogP contribution < -0.4 is 4.74 Å². The van der Waals surface area contributed by atoms with Gasteiger partial charge >= 0.3 is 0 Å². The lowest BCUT2D eigenvalue weighted by atomic mass is 9.71. The number of aliphatic hydroxyl groups excluding tert-OH is 1. The van der Waals surface area contributed by atoms with Gasteiger partial charge in [0.2, 0.25) is 5.75 Å². The van der Waals surface area contributed by atoms with Gasteiger partial charge in [0.1, 0.15) is 5.75 Å². The van der Waals surface area contributed by atoms with Crippen molar-refractivity contribution in [3.63, 3.8) is 0 Å². The molecule has 220 valence electrons. The topological polar surface area (TPSA) is 115 Å². The molecule has 41 heavy (non-hydrogen) atoms. The summed E-state index contributed by atoms with van der Waals surface area (Å²) in [5.41, 5.74) is 4.81. The standard InChI is InChI=1S/C34H43NO6/c1-19-4-3-5-23(12-19)25-14-21(7-9-28(25)36)22-6-8-24-29(37)17-32(41-31(24)15-22)26-16-30(38)33(39)34(40-2)27(26)13-20-10-11-35-18-20/h7,9-11,14,16,18-19,22-24,29,31-32,35-39H,3-6,8,12-13,15,17H2,1-2H3/t19-,22+,23+,24+,29-,31-,32-/m0/s1. The summed E-state index contributed by atoms with van der Waals surface area (Å²) in [4.78, 5) is 3.07. The van der Waals surface area contributed by atoms with Crippen molar-refractivity contribution in [1.82, 2.24) is 4.98 Å². The zero-order valence-electron chi connectivity index (χ0n) is 24.1. The predicted octanol–water partition coefficient (Wildman–Crippen LogP) is 6.80. The number of aromatic amines is 1. The molecule has 0 radical (unpaired) electrons. The first kappa shape index (κ1) is 28.0. The number of phenols is 3. The lowest BCUT2D eigenvalue weighted by molar-refractivity contribution is -0.154. The van der Waals surface area contributed by atoms with Gasteiger partial charge in [0, 0.05) is 36.7 Å². The second-order valence-electron chi connectivity index (χ2n) is 12.7. The van der Waals surface area contributed by atoms with Gasteiger partial charge in [0.15, 0.2) is 11.5 Å². The van der Waals surface area contributed by atoms with Crippen molar-refractivity contribution in [1.29, 1.82) is 0 Å². The minimum absolute atomic E-state index is 0.0546. The molecule has 2 aliphatic carbocycles. The van der Waals surface area contributed by atoms with E-state index in [1.54, 1.807) is 6.07 Å². The monoisotopic (exact) mass is 561 g/mol. The molecule has 0 unspecified atom stereocenters. The molecule has 0 spiro atoms. The fourth-order valence-electron chi connectivity index (χ4n) is 7.84. The summed E-state index contributed by atoms with van der Waals surface area (Å²) in [6.45, 7) is 2.31. The number of rotatable bonds is 6. The summed E-state index contributed by atoms with van der Waals surface area (Å²) < 4.78 is 12.3. The van der Waals surface area contributed by atoms with E-state index in [2.05, 4.69) is 24.0 Å². The maximum Gasteiger partial charge on any atom is 0.200 e. The maximum atomic E-state index is 11.3. The van der Waals surface area contributed by atoms with Crippen molar-refractivity contribution in [3.8, 4) is 23.0 Å². The highest BCUT2D eigenvalue weighted by molar-refractivity contribution is 5.59. The Morgan fingerprint density at radius 2 is 1.78 bits per heavy atom. The van der Waals surface area contributed by atoms with Gasteiger partial charge in [-0.3, -0.25) is 0 Å². The van der Waals surface area contributed by atoms with Crippen LogP contribution in [0.15, 0.2) is 42.7 Å². The molecule has 3 fully saturated rings. The Hall–Kier alpha value is -3.16. The molecule has 7 nitrogen and oxygen atoms in total. The van der Waals surface area contributed by atoms with Crippen molar-refractivity contribution in [2.75, 3.05) is 7.11 Å². The van der Waals surface area contributed by atoms with E-state index in [4.69, 9.17) is 9.47 Å².